The van der Waals surface area contributed by atoms with Gasteiger partial charge in [0, 0.05) is 25.9 Å². The zero-order valence-electron chi connectivity index (χ0n) is 9.60. The third kappa shape index (κ3) is 3.37. The van der Waals surface area contributed by atoms with E-state index >= 15 is 0 Å². The van der Waals surface area contributed by atoms with E-state index in [0.29, 0.717) is 25.9 Å². The first-order valence-corrected chi connectivity index (χ1v) is 5.28. The van der Waals surface area contributed by atoms with E-state index in [-0.39, 0.29) is 12.0 Å². The van der Waals surface area contributed by atoms with E-state index in [2.05, 4.69) is 0 Å². The molecule has 1 fully saturated rings. The maximum absolute atomic E-state index is 11.7. The van der Waals surface area contributed by atoms with Gasteiger partial charge in [-0.1, -0.05) is 0 Å². The van der Waals surface area contributed by atoms with Crippen molar-refractivity contribution in [3.8, 4) is 0 Å². The molecule has 16 heavy (non-hydrogen) atoms. The highest BCUT2D eigenvalue weighted by atomic mass is 16.6. The van der Waals surface area contributed by atoms with Crippen molar-refractivity contribution in [2.75, 3.05) is 13.1 Å². The number of primary amides is 1. The second kappa shape index (κ2) is 4.69. The average molecular weight is 230 g/mol. The van der Waals surface area contributed by atoms with Gasteiger partial charge in [-0.3, -0.25) is 4.79 Å². The van der Waals surface area contributed by atoms with Gasteiger partial charge in [0.25, 0.3) is 5.91 Å². The number of aliphatic hydroxyl groups is 1. The predicted octanol–water partition coefficient (Wildman–Crippen LogP) is -0.156. The van der Waals surface area contributed by atoms with E-state index < -0.39 is 11.7 Å². The van der Waals surface area contributed by atoms with Crippen molar-refractivity contribution < 1.29 is 19.4 Å². The minimum atomic E-state index is -1.35. The van der Waals surface area contributed by atoms with Crippen molar-refractivity contribution in [2.24, 2.45) is 5.73 Å². The summed E-state index contributed by atoms with van der Waals surface area (Å²) in [5.41, 5.74) is 3.56. The van der Waals surface area contributed by atoms with E-state index in [1.165, 1.54) is 13.8 Å². The van der Waals surface area contributed by atoms with Crippen molar-refractivity contribution >= 4 is 12.0 Å². The number of rotatable bonds is 2. The molecule has 6 nitrogen and oxygen atoms in total. The predicted molar refractivity (Wildman–Crippen MR) is 56.6 cm³/mol. The maximum Gasteiger partial charge on any atom is 0.404 e. The third-order valence-corrected chi connectivity index (χ3v) is 2.54. The zero-order chi connectivity index (χ0) is 12.3. The Labute approximate surface area is 94.3 Å². The SMILES string of the molecule is CC(C)(O)C(=O)N1CCC(OC(N)=O)CC1. The fourth-order valence-corrected chi connectivity index (χ4v) is 1.73. The number of hydrogen-bond acceptors (Lipinski definition) is 4. The van der Waals surface area contributed by atoms with Gasteiger partial charge < -0.3 is 20.5 Å². The van der Waals surface area contributed by atoms with E-state index in [9.17, 15) is 14.7 Å². The Balaban J connectivity index is 2.43. The highest BCUT2D eigenvalue weighted by Gasteiger charge is 2.32. The van der Waals surface area contributed by atoms with Crippen LogP contribution in [0.4, 0.5) is 4.79 Å². The van der Waals surface area contributed by atoms with Crippen LogP contribution in [0.2, 0.25) is 0 Å². The minimum absolute atomic E-state index is 0.219. The lowest BCUT2D eigenvalue weighted by Gasteiger charge is -2.34. The number of nitrogens with two attached hydrogens (primary N) is 1. The zero-order valence-corrected chi connectivity index (χ0v) is 9.60. The van der Waals surface area contributed by atoms with Gasteiger partial charge in [-0.25, -0.2) is 4.79 Å². The molecule has 2 amide bonds. The van der Waals surface area contributed by atoms with Crippen LogP contribution in [0.25, 0.3) is 0 Å². The first-order valence-electron chi connectivity index (χ1n) is 5.28. The van der Waals surface area contributed by atoms with Crippen LogP contribution in [-0.2, 0) is 9.53 Å². The van der Waals surface area contributed by atoms with Crippen molar-refractivity contribution in [3.63, 3.8) is 0 Å². The van der Waals surface area contributed by atoms with Crippen molar-refractivity contribution in [2.45, 2.75) is 38.4 Å². The molecule has 0 radical (unpaired) electrons. The number of piperidine rings is 1. The van der Waals surface area contributed by atoms with E-state index in [1.807, 2.05) is 0 Å². The Morgan fingerprint density at radius 3 is 2.25 bits per heavy atom. The number of carbonyl (C=O) groups excluding carboxylic acids is 2. The van der Waals surface area contributed by atoms with Crippen LogP contribution in [-0.4, -0.2) is 46.8 Å². The molecule has 1 heterocycles. The first-order chi connectivity index (χ1) is 7.30. The largest absolute Gasteiger partial charge is 0.446 e. The molecular formula is C10H18N2O4. The first kappa shape index (κ1) is 12.8. The lowest BCUT2D eigenvalue weighted by Crippen LogP contribution is -2.49. The number of carbonyl (C=O) groups is 2. The number of hydrogen-bond donors (Lipinski definition) is 2. The maximum atomic E-state index is 11.7. The monoisotopic (exact) mass is 230 g/mol. The van der Waals surface area contributed by atoms with Gasteiger partial charge in [-0.15, -0.1) is 0 Å². The van der Waals surface area contributed by atoms with Crippen LogP contribution in [0, 0.1) is 0 Å². The van der Waals surface area contributed by atoms with Crippen LogP contribution in [0.5, 0.6) is 0 Å². The molecule has 6 heteroatoms. The molecule has 0 atom stereocenters. The molecule has 0 aromatic rings. The van der Waals surface area contributed by atoms with Crippen LogP contribution >= 0.6 is 0 Å². The van der Waals surface area contributed by atoms with Crippen molar-refractivity contribution in [1.82, 2.24) is 4.90 Å². The summed E-state index contributed by atoms with van der Waals surface area (Å²) in [5.74, 6) is -0.301. The third-order valence-electron chi connectivity index (χ3n) is 2.54. The summed E-state index contributed by atoms with van der Waals surface area (Å²) in [5, 5.41) is 9.55. The van der Waals surface area contributed by atoms with E-state index in [1.54, 1.807) is 4.90 Å². The normalized spacial score (nSPS) is 18.3. The lowest BCUT2D eigenvalue weighted by atomic mass is 10.0. The molecule has 0 aliphatic carbocycles. The smallest absolute Gasteiger partial charge is 0.404 e. The Kier molecular flexibility index (Phi) is 3.74. The molecule has 1 aliphatic rings. The summed E-state index contributed by atoms with van der Waals surface area (Å²) in [6.45, 7) is 3.87. The Hall–Kier alpha value is -1.30. The number of amides is 2. The second-order valence-electron chi connectivity index (χ2n) is 4.49. The fourth-order valence-electron chi connectivity index (χ4n) is 1.73. The molecule has 92 valence electrons. The lowest BCUT2D eigenvalue weighted by molar-refractivity contribution is -0.149. The van der Waals surface area contributed by atoms with Crippen molar-refractivity contribution in [1.29, 1.82) is 0 Å². The molecule has 1 rings (SSSR count). The fraction of sp³-hybridized carbons (Fsp3) is 0.800. The standard InChI is InChI=1S/C10H18N2O4/c1-10(2,15)8(13)12-5-3-7(4-6-12)16-9(11)14/h7,15H,3-6H2,1-2H3,(H2,11,14). The summed E-state index contributed by atoms with van der Waals surface area (Å²) in [6, 6.07) is 0. The van der Waals surface area contributed by atoms with Gasteiger partial charge >= 0.3 is 6.09 Å². The van der Waals surface area contributed by atoms with E-state index in [0.717, 1.165) is 0 Å². The molecule has 1 aliphatic heterocycles. The van der Waals surface area contributed by atoms with Gasteiger partial charge in [0.2, 0.25) is 0 Å². The molecule has 0 saturated carbocycles. The highest BCUT2D eigenvalue weighted by Crippen LogP contribution is 2.17. The molecule has 3 N–H and O–H groups in total. The highest BCUT2D eigenvalue weighted by molar-refractivity contribution is 5.84. The molecule has 0 bridgehead atoms. The minimum Gasteiger partial charge on any atom is -0.446 e. The van der Waals surface area contributed by atoms with Gasteiger partial charge in [0.05, 0.1) is 0 Å². The Bertz CT molecular complexity index is 277. The van der Waals surface area contributed by atoms with Crippen LogP contribution in [0.15, 0.2) is 0 Å². The average Bonchev–Trinajstić information content (AvgIpc) is 2.15. The summed E-state index contributed by atoms with van der Waals surface area (Å²) in [7, 11) is 0. The summed E-state index contributed by atoms with van der Waals surface area (Å²) >= 11 is 0. The second-order valence-corrected chi connectivity index (χ2v) is 4.49. The quantitative estimate of drug-likeness (QED) is 0.689. The van der Waals surface area contributed by atoms with Crippen LogP contribution in [0.3, 0.4) is 0 Å². The van der Waals surface area contributed by atoms with Gasteiger partial charge in [-0.2, -0.15) is 0 Å². The molecule has 0 aromatic carbocycles. The van der Waals surface area contributed by atoms with Crippen LogP contribution in [0.1, 0.15) is 26.7 Å². The molecule has 0 unspecified atom stereocenters. The number of ether oxygens (including phenoxy) is 1. The summed E-state index contributed by atoms with van der Waals surface area (Å²) in [4.78, 5) is 23.8. The van der Waals surface area contributed by atoms with Crippen molar-refractivity contribution in [3.05, 3.63) is 0 Å². The van der Waals surface area contributed by atoms with Gasteiger partial charge in [0.1, 0.15) is 11.7 Å². The van der Waals surface area contributed by atoms with E-state index in [4.69, 9.17) is 10.5 Å². The molecule has 1 saturated heterocycles. The Morgan fingerprint density at radius 1 is 1.38 bits per heavy atom. The summed E-state index contributed by atoms with van der Waals surface area (Å²) < 4.78 is 4.84. The van der Waals surface area contributed by atoms with Crippen LogP contribution < -0.4 is 5.73 Å². The number of likely N-dealkylation sites (tertiary alicyclic amines) is 1. The Morgan fingerprint density at radius 2 is 1.88 bits per heavy atom. The molecule has 0 aromatic heterocycles. The molecular weight excluding hydrogens is 212 g/mol. The number of nitrogens with zero attached hydrogens (tertiary/aromatic N) is 1. The summed E-state index contributed by atoms with van der Waals surface area (Å²) in [6.07, 6.45) is 0.116. The topological polar surface area (TPSA) is 92.9 Å². The van der Waals surface area contributed by atoms with Gasteiger partial charge in [0.15, 0.2) is 0 Å². The molecule has 0 spiro atoms. The van der Waals surface area contributed by atoms with Gasteiger partial charge in [-0.05, 0) is 13.8 Å².